The predicted octanol–water partition coefficient (Wildman–Crippen LogP) is 2.03. The Balaban J connectivity index is 1.93. The molecule has 0 aliphatic heterocycles. The zero-order valence-corrected chi connectivity index (χ0v) is 16.4. The third-order valence-corrected chi connectivity index (χ3v) is 5.20. The summed E-state index contributed by atoms with van der Waals surface area (Å²) in [7, 11) is 0. The molecule has 0 spiro atoms. The van der Waals surface area contributed by atoms with Crippen molar-refractivity contribution < 1.29 is 14.4 Å². The van der Waals surface area contributed by atoms with Gasteiger partial charge in [-0.2, -0.15) is 0 Å². The summed E-state index contributed by atoms with van der Waals surface area (Å²) in [6, 6.07) is 9.40. The highest BCUT2D eigenvalue weighted by molar-refractivity contribution is 5.93. The molecule has 0 heterocycles. The largest absolute Gasteiger partial charge is 0.347 e. The molecule has 0 bridgehead atoms. The molecule has 6 heteroatoms. The minimum absolute atomic E-state index is 0.00355. The van der Waals surface area contributed by atoms with E-state index in [9.17, 15) is 14.4 Å². The van der Waals surface area contributed by atoms with E-state index in [1.54, 1.807) is 4.90 Å². The van der Waals surface area contributed by atoms with Crippen LogP contribution < -0.4 is 10.6 Å². The first-order valence-electron chi connectivity index (χ1n) is 9.91. The highest BCUT2D eigenvalue weighted by Gasteiger charge is 2.42. The first-order chi connectivity index (χ1) is 13.0. The smallest absolute Gasteiger partial charge is 0.248 e. The lowest BCUT2D eigenvalue weighted by Crippen LogP contribution is -2.61. The maximum Gasteiger partial charge on any atom is 0.248 e. The summed E-state index contributed by atoms with van der Waals surface area (Å²) >= 11 is 0. The van der Waals surface area contributed by atoms with Crippen LogP contribution in [0.25, 0.3) is 0 Å². The number of nitrogens with zero attached hydrogens (tertiary/aromatic N) is 1. The number of benzene rings is 1. The number of nitrogens with one attached hydrogen (secondary N) is 2. The van der Waals surface area contributed by atoms with E-state index in [0.717, 1.165) is 24.8 Å². The Morgan fingerprint density at radius 1 is 0.963 bits per heavy atom. The van der Waals surface area contributed by atoms with Gasteiger partial charge in [0.2, 0.25) is 17.7 Å². The second-order valence-corrected chi connectivity index (χ2v) is 7.11. The molecule has 1 saturated carbocycles. The molecule has 27 heavy (non-hydrogen) atoms. The molecule has 3 amide bonds. The molecule has 0 unspecified atom stereocenters. The van der Waals surface area contributed by atoms with Gasteiger partial charge in [0.25, 0.3) is 0 Å². The van der Waals surface area contributed by atoms with E-state index >= 15 is 0 Å². The van der Waals surface area contributed by atoms with Crippen molar-refractivity contribution >= 4 is 17.7 Å². The van der Waals surface area contributed by atoms with Crippen molar-refractivity contribution in [3.63, 3.8) is 0 Å². The van der Waals surface area contributed by atoms with E-state index in [0.29, 0.717) is 25.9 Å². The van der Waals surface area contributed by atoms with Crippen LogP contribution in [0.15, 0.2) is 30.3 Å². The zero-order valence-electron chi connectivity index (χ0n) is 16.4. The highest BCUT2D eigenvalue weighted by atomic mass is 16.2. The maximum atomic E-state index is 13.0. The Bertz CT molecular complexity index is 635. The van der Waals surface area contributed by atoms with Crippen LogP contribution in [0.1, 0.15) is 51.5 Å². The monoisotopic (exact) mass is 373 g/mol. The summed E-state index contributed by atoms with van der Waals surface area (Å²) in [5.74, 6) is -0.515. The standard InChI is InChI=1S/C21H31N3O3/c1-3-24(4-2)20(27)21(13-9-6-10-14-21)23-19(26)16-22-18(25)15-17-11-7-5-8-12-17/h5,7-8,11-12H,3-4,6,9-10,13-16H2,1-2H3,(H,22,25)(H,23,26). The number of likely N-dealkylation sites (N-methyl/N-ethyl adjacent to an activating group) is 1. The second kappa shape index (κ2) is 10.1. The number of carbonyl (C=O) groups is 3. The van der Waals surface area contributed by atoms with Gasteiger partial charge in [-0.05, 0) is 32.3 Å². The van der Waals surface area contributed by atoms with E-state index in [1.165, 1.54) is 0 Å². The number of hydrogen-bond donors (Lipinski definition) is 2. The number of carbonyl (C=O) groups excluding carboxylic acids is 3. The molecule has 1 aliphatic carbocycles. The average Bonchev–Trinajstić information content (AvgIpc) is 2.69. The summed E-state index contributed by atoms with van der Waals surface area (Å²) in [5, 5.41) is 5.61. The lowest BCUT2D eigenvalue weighted by Gasteiger charge is -2.40. The van der Waals surface area contributed by atoms with Gasteiger partial charge in [-0.1, -0.05) is 49.6 Å². The highest BCUT2D eigenvalue weighted by Crippen LogP contribution is 2.30. The van der Waals surface area contributed by atoms with Crippen LogP contribution in [-0.4, -0.2) is 47.8 Å². The van der Waals surface area contributed by atoms with Crippen molar-refractivity contribution in [3.05, 3.63) is 35.9 Å². The SMILES string of the molecule is CCN(CC)C(=O)C1(NC(=O)CNC(=O)Cc2ccccc2)CCCCC1. The summed E-state index contributed by atoms with van der Waals surface area (Å²) in [4.78, 5) is 39.3. The number of rotatable bonds is 8. The van der Waals surface area contributed by atoms with Crippen molar-refractivity contribution in [3.8, 4) is 0 Å². The summed E-state index contributed by atoms with van der Waals surface area (Å²) < 4.78 is 0. The quantitative estimate of drug-likeness (QED) is 0.732. The lowest BCUT2D eigenvalue weighted by molar-refractivity contribution is -0.143. The van der Waals surface area contributed by atoms with Crippen LogP contribution in [0.4, 0.5) is 0 Å². The lowest BCUT2D eigenvalue weighted by atomic mass is 9.80. The fourth-order valence-electron chi connectivity index (χ4n) is 3.69. The zero-order chi connectivity index (χ0) is 19.7. The predicted molar refractivity (Wildman–Crippen MR) is 105 cm³/mol. The van der Waals surface area contributed by atoms with Gasteiger partial charge in [-0.25, -0.2) is 0 Å². The van der Waals surface area contributed by atoms with Crippen LogP contribution in [0.2, 0.25) is 0 Å². The Hall–Kier alpha value is -2.37. The van der Waals surface area contributed by atoms with Gasteiger partial charge in [-0.15, -0.1) is 0 Å². The molecular weight excluding hydrogens is 342 g/mol. The molecule has 6 nitrogen and oxygen atoms in total. The molecule has 1 fully saturated rings. The first-order valence-corrected chi connectivity index (χ1v) is 9.91. The normalized spacial score (nSPS) is 15.6. The molecular formula is C21H31N3O3. The van der Waals surface area contributed by atoms with E-state index in [1.807, 2.05) is 44.2 Å². The third kappa shape index (κ3) is 5.81. The minimum Gasteiger partial charge on any atom is -0.347 e. The Morgan fingerprint density at radius 3 is 2.19 bits per heavy atom. The Labute approximate surface area is 161 Å². The molecule has 0 saturated heterocycles. The van der Waals surface area contributed by atoms with Crippen LogP contribution in [-0.2, 0) is 20.8 Å². The van der Waals surface area contributed by atoms with Crippen LogP contribution in [0.3, 0.4) is 0 Å². The number of hydrogen-bond acceptors (Lipinski definition) is 3. The van der Waals surface area contributed by atoms with Crippen molar-refractivity contribution in [1.82, 2.24) is 15.5 Å². The van der Waals surface area contributed by atoms with E-state index < -0.39 is 5.54 Å². The van der Waals surface area contributed by atoms with Crippen molar-refractivity contribution in [2.75, 3.05) is 19.6 Å². The summed E-state index contributed by atoms with van der Waals surface area (Å²) in [6.07, 6.45) is 4.48. The second-order valence-electron chi connectivity index (χ2n) is 7.11. The van der Waals surface area contributed by atoms with Crippen molar-refractivity contribution in [2.24, 2.45) is 0 Å². The molecule has 1 aromatic rings. The summed E-state index contributed by atoms with van der Waals surface area (Å²) in [5.41, 5.74) is 0.0711. The minimum atomic E-state index is -0.828. The Kier molecular flexibility index (Phi) is 7.82. The van der Waals surface area contributed by atoms with Crippen LogP contribution in [0.5, 0.6) is 0 Å². The molecule has 0 radical (unpaired) electrons. The van der Waals surface area contributed by atoms with Gasteiger partial charge in [-0.3, -0.25) is 14.4 Å². The fourth-order valence-corrected chi connectivity index (χ4v) is 3.69. The van der Waals surface area contributed by atoms with Crippen molar-refractivity contribution in [2.45, 2.75) is 57.9 Å². The van der Waals surface area contributed by atoms with Crippen LogP contribution >= 0.6 is 0 Å². The summed E-state index contributed by atoms with van der Waals surface area (Å²) in [6.45, 7) is 5.04. The molecule has 1 aromatic carbocycles. The van der Waals surface area contributed by atoms with Gasteiger partial charge in [0.05, 0.1) is 13.0 Å². The molecule has 2 rings (SSSR count). The van der Waals surface area contributed by atoms with Gasteiger partial charge in [0.15, 0.2) is 0 Å². The molecule has 0 atom stereocenters. The van der Waals surface area contributed by atoms with Gasteiger partial charge < -0.3 is 15.5 Å². The van der Waals surface area contributed by atoms with E-state index in [4.69, 9.17) is 0 Å². The fraction of sp³-hybridized carbons (Fsp3) is 0.571. The molecule has 1 aliphatic rings. The molecule has 148 valence electrons. The van der Waals surface area contributed by atoms with Gasteiger partial charge >= 0.3 is 0 Å². The van der Waals surface area contributed by atoms with Gasteiger partial charge in [0, 0.05) is 13.1 Å². The maximum absolute atomic E-state index is 13.0. The number of amides is 3. The van der Waals surface area contributed by atoms with Gasteiger partial charge in [0.1, 0.15) is 5.54 Å². The topological polar surface area (TPSA) is 78.5 Å². The molecule has 2 N–H and O–H groups in total. The average molecular weight is 373 g/mol. The Morgan fingerprint density at radius 2 is 1.59 bits per heavy atom. The third-order valence-electron chi connectivity index (χ3n) is 5.20. The van der Waals surface area contributed by atoms with E-state index in [-0.39, 0.29) is 30.7 Å². The van der Waals surface area contributed by atoms with Crippen molar-refractivity contribution in [1.29, 1.82) is 0 Å². The first kappa shape index (κ1) is 20.9. The molecule has 0 aromatic heterocycles. The van der Waals surface area contributed by atoms with E-state index in [2.05, 4.69) is 10.6 Å². The van der Waals surface area contributed by atoms with Crippen LogP contribution in [0, 0.1) is 0 Å².